The summed E-state index contributed by atoms with van der Waals surface area (Å²) in [5.74, 6) is -0.546. The quantitative estimate of drug-likeness (QED) is 0.355. The van der Waals surface area contributed by atoms with E-state index in [1.165, 1.54) is 19.7 Å². The van der Waals surface area contributed by atoms with Crippen LogP contribution >= 0.6 is 0 Å². The molecule has 1 saturated heterocycles. The molecule has 1 heterocycles. The average molecular weight is 347 g/mol. The molecule has 25 heavy (non-hydrogen) atoms. The lowest BCUT2D eigenvalue weighted by atomic mass is 10.1. The molecule has 2 rings (SSSR count). The van der Waals surface area contributed by atoms with Crippen LogP contribution in [0.1, 0.15) is 25.0 Å². The summed E-state index contributed by atoms with van der Waals surface area (Å²) in [6.07, 6.45) is 1.62. The van der Waals surface area contributed by atoms with Crippen LogP contribution < -0.4 is 4.91 Å². The molecule has 7 nitrogen and oxygen atoms in total. The molecule has 1 aliphatic heterocycles. The van der Waals surface area contributed by atoms with E-state index in [-0.39, 0.29) is 5.70 Å². The van der Waals surface area contributed by atoms with Crippen LogP contribution in [0.25, 0.3) is 6.08 Å². The number of rotatable bonds is 5. The zero-order valence-corrected chi connectivity index (χ0v) is 15.4. The maximum absolute atomic E-state index is 11.6. The van der Waals surface area contributed by atoms with E-state index in [1.807, 2.05) is 38.1 Å². The molecule has 0 radical (unpaired) electrons. The van der Waals surface area contributed by atoms with Gasteiger partial charge in [-0.1, -0.05) is 38.1 Å². The molecule has 7 heteroatoms. The predicted molar refractivity (Wildman–Crippen MR) is 96.8 cm³/mol. The van der Waals surface area contributed by atoms with E-state index in [9.17, 15) is 4.79 Å². The van der Waals surface area contributed by atoms with Crippen molar-refractivity contribution in [3.05, 3.63) is 41.1 Å². The molecule has 0 unspecified atom stereocenters. The number of hydrogen-bond acceptors (Lipinski definition) is 6. The minimum atomic E-state index is -0.546. The second kappa shape index (κ2) is 12.1. The first kappa shape index (κ1) is 20.7. The molecule has 0 saturated carbocycles. The van der Waals surface area contributed by atoms with Gasteiger partial charge in [-0.3, -0.25) is 4.90 Å². The minimum absolute atomic E-state index is 0.110. The topological polar surface area (TPSA) is 77.6 Å². The van der Waals surface area contributed by atoms with Gasteiger partial charge < -0.3 is 9.47 Å². The third-order valence-corrected chi connectivity index (χ3v) is 3.43. The highest BCUT2D eigenvalue weighted by Gasteiger charge is 2.14. The maximum atomic E-state index is 11.6. The van der Waals surface area contributed by atoms with Crippen LogP contribution in [0.4, 0.5) is 0 Å². The van der Waals surface area contributed by atoms with Gasteiger partial charge in [-0.25, -0.2) is 4.79 Å². The molecule has 0 spiro atoms. The fourth-order valence-corrected chi connectivity index (χ4v) is 2.22. The van der Waals surface area contributed by atoms with Crippen molar-refractivity contribution in [1.82, 2.24) is 9.81 Å². The Morgan fingerprint density at radius 2 is 1.92 bits per heavy atom. The highest BCUT2D eigenvalue weighted by molar-refractivity contribution is 5.92. The van der Waals surface area contributed by atoms with Crippen LogP contribution in [0.2, 0.25) is 0 Å². The van der Waals surface area contributed by atoms with E-state index in [1.54, 1.807) is 6.08 Å². The SMILES string of the molecule is CC.CN=[N+]=N/C(=C/c1ccc(CN2CCOCC2)cc1)C(=O)OC. The first-order valence-corrected chi connectivity index (χ1v) is 8.42. The van der Waals surface area contributed by atoms with Crippen molar-refractivity contribution >= 4 is 12.0 Å². The summed E-state index contributed by atoms with van der Waals surface area (Å²) < 4.78 is 10.0. The van der Waals surface area contributed by atoms with E-state index in [4.69, 9.17) is 4.74 Å². The molecule has 0 N–H and O–H groups in total. The van der Waals surface area contributed by atoms with Crippen molar-refractivity contribution < 1.29 is 14.3 Å². The number of hydrogen-bond donors (Lipinski definition) is 0. The summed E-state index contributed by atoms with van der Waals surface area (Å²) in [5, 5.41) is 7.25. The molecule has 1 aliphatic rings. The highest BCUT2D eigenvalue weighted by Crippen LogP contribution is 2.13. The van der Waals surface area contributed by atoms with Crippen LogP contribution in [0.15, 0.2) is 40.2 Å². The van der Waals surface area contributed by atoms with Crippen LogP contribution in [-0.2, 0) is 20.8 Å². The fraction of sp³-hybridized carbons (Fsp3) is 0.500. The van der Waals surface area contributed by atoms with E-state index >= 15 is 0 Å². The van der Waals surface area contributed by atoms with Crippen molar-refractivity contribution in [2.45, 2.75) is 20.4 Å². The Kier molecular flexibility index (Phi) is 10.0. The van der Waals surface area contributed by atoms with Crippen molar-refractivity contribution in [2.24, 2.45) is 10.2 Å². The minimum Gasteiger partial charge on any atom is -0.464 e. The summed E-state index contributed by atoms with van der Waals surface area (Å²) in [4.78, 5) is 17.5. The zero-order chi connectivity index (χ0) is 18.5. The summed E-state index contributed by atoms with van der Waals surface area (Å²) in [7, 11) is 2.79. The van der Waals surface area contributed by atoms with Gasteiger partial charge in [-0.05, 0) is 17.2 Å². The van der Waals surface area contributed by atoms with Gasteiger partial charge in [0.15, 0.2) is 5.11 Å². The molecule has 0 amide bonds. The highest BCUT2D eigenvalue weighted by atomic mass is 16.5. The Morgan fingerprint density at radius 1 is 1.28 bits per heavy atom. The van der Waals surface area contributed by atoms with Crippen LogP contribution in [-0.4, -0.2) is 51.3 Å². The summed E-state index contributed by atoms with van der Waals surface area (Å²) in [6, 6.07) is 7.96. The van der Waals surface area contributed by atoms with Gasteiger partial charge in [0.2, 0.25) is 10.6 Å². The van der Waals surface area contributed by atoms with Gasteiger partial charge in [0.1, 0.15) is 12.2 Å². The zero-order valence-electron chi connectivity index (χ0n) is 15.4. The maximum Gasteiger partial charge on any atom is 0.364 e. The first-order valence-electron chi connectivity index (χ1n) is 8.42. The van der Waals surface area contributed by atoms with E-state index in [2.05, 4.69) is 24.8 Å². The van der Waals surface area contributed by atoms with Crippen molar-refractivity contribution in [3.63, 3.8) is 0 Å². The van der Waals surface area contributed by atoms with E-state index < -0.39 is 5.97 Å². The van der Waals surface area contributed by atoms with Gasteiger partial charge in [-0.15, -0.1) is 0 Å². The van der Waals surface area contributed by atoms with Crippen LogP contribution in [0, 0.1) is 0 Å². The number of morpholine rings is 1. The Labute approximate surface area is 149 Å². The van der Waals surface area contributed by atoms with Gasteiger partial charge in [-0.2, -0.15) is 0 Å². The van der Waals surface area contributed by atoms with Crippen molar-refractivity contribution in [3.8, 4) is 0 Å². The average Bonchev–Trinajstić information content (AvgIpc) is 2.68. The van der Waals surface area contributed by atoms with E-state index in [0.717, 1.165) is 38.4 Å². The smallest absolute Gasteiger partial charge is 0.364 e. The Bertz CT molecular complexity index is 610. The van der Waals surface area contributed by atoms with Gasteiger partial charge in [0.05, 0.1) is 20.3 Å². The largest absolute Gasteiger partial charge is 0.464 e. The summed E-state index contributed by atoms with van der Waals surface area (Å²) >= 11 is 0. The lowest BCUT2D eigenvalue weighted by Gasteiger charge is -2.26. The first-order chi connectivity index (χ1) is 12.2. The monoisotopic (exact) mass is 347 g/mol. The summed E-state index contributed by atoms with van der Waals surface area (Å²) in [6.45, 7) is 8.38. The molecule has 1 aromatic carbocycles. The molecule has 1 fully saturated rings. The van der Waals surface area contributed by atoms with E-state index in [0.29, 0.717) is 0 Å². The molecule has 0 atom stereocenters. The van der Waals surface area contributed by atoms with Crippen LogP contribution in [0.3, 0.4) is 0 Å². The number of nitrogens with zero attached hydrogens (tertiary/aromatic N) is 4. The normalized spacial score (nSPS) is 14.6. The number of benzene rings is 1. The molecular weight excluding hydrogens is 320 g/mol. The van der Waals surface area contributed by atoms with Crippen molar-refractivity contribution in [1.29, 1.82) is 0 Å². The summed E-state index contributed by atoms with van der Waals surface area (Å²) in [5.41, 5.74) is 2.18. The number of carbonyl (C=O) groups is 1. The lowest BCUT2D eigenvalue weighted by molar-refractivity contribution is -0.136. The molecule has 0 aromatic heterocycles. The number of esters is 1. The Morgan fingerprint density at radius 3 is 2.48 bits per heavy atom. The standard InChI is InChI=1S/C16H21N4O3.C2H6/c1-17-19-18-15(16(21)22-2)11-13-3-5-14(6-4-13)12-20-7-9-23-10-8-20;1-2/h3-6,11H,7-10,12H2,1-2H3;1-2H3/q+1;/b15-11+;. The number of carbonyl (C=O) groups excluding carboxylic acids is 1. The van der Waals surface area contributed by atoms with Gasteiger partial charge in [0.25, 0.3) is 0 Å². The predicted octanol–water partition coefficient (Wildman–Crippen LogP) is 2.66. The molecule has 0 bridgehead atoms. The number of methoxy groups -OCH3 is 1. The Balaban J connectivity index is 0.00000151. The van der Waals surface area contributed by atoms with Gasteiger partial charge in [0, 0.05) is 19.6 Å². The third-order valence-electron chi connectivity index (χ3n) is 3.43. The Hall–Kier alpha value is -2.34. The van der Waals surface area contributed by atoms with Crippen molar-refractivity contribution in [2.75, 3.05) is 40.5 Å². The molecule has 136 valence electrons. The lowest BCUT2D eigenvalue weighted by Crippen LogP contribution is -2.35. The number of ether oxygens (including phenoxy) is 2. The molecular formula is C18H27N4O3+. The van der Waals surface area contributed by atoms with Crippen LogP contribution in [0.5, 0.6) is 0 Å². The fourth-order valence-electron chi connectivity index (χ4n) is 2.22. The molecule has 0 aliphatic carbocycles. The third kappa shape index (κ3) is 7.39. The second-order valence-electron chi connectivity index (χ2n) is 5.04. The molecule has 1 aromatic rings. The van der Waals surface area contributed by atoms with Gasteiger partial charge >= 0.3 is 5.97 Å². The second-order valence-corrected chi connectivity index (χ2v) is 5.04.